The lowest BCUT2D eigenvalue weighted by atomic mass is 10.0. The summed E-state index contributed by atoms with van der Waals surface area (Å²) in [7, 11) is 0. The van der Waals surface area contributed by atoms with Gasteiger partial charge in [-0.2, -0.15) is 0 Å². The van der Waals surface area contributed by atoms with Crippen molar-refractivity contribution >= 4 is 5.91 Å². The van der Waals surface area contributed by atoms with Gasteiger partial charge < -0.3 is 15.7 Å². The van der Waals surface area contributed by atoms with E-state index in [0.717, 1.165) is 17.7 Å². The van der Waals surface area contributed by atoms with Gasteiger partial charge in [0.05, 0.1) is 5.60 Å². The normalized spacial score (nSPS) is 23.1. The summed E-state index contributed by atoms with van der Waals surface area (Å²) in [4.78, 5) is 12.1. The summed E-state index contributed by atoms with van der Waals surface area (Å²) >= 11 is 0. The molecule has 1 atom stereocenters. The Labute approximate surface area is 107 Å². The highest BCUT2D eigenvalue weighted by Crippen LogP contribution is 2.15. The topological polar surface area (TPSA) is 61.4 Å². The monoisotopic (exact) mass is 248 g/mol. The van der Waals surface area contributed by atoms with E-state index in [-0.39, 0.29) is 5.91 Å². The molecule has 4 nitrogen and oxygen atoms in total. The number of β-amino-alcohol motifs (C(OH)–C–C–N with tert-alkyl or cyclic N) is 1. The third-order valence-electron chi connectivity index (χ3n) is 3.65. The second-order valence-electron chi connectivity index (χ2n) is 5.08. The van der Waals surface area contributed by atoms with Gasteiger partial charge in [-0.25, -0.2) is 0 Å². The minimum absolute atomic E-state index is 0.114. The number of hydrogen-bond acceptors (Lipinski definition) is 3. The first-order valence-corrected chi connectivity index (χ1v) is 6.29. The van der Waals surface area contributed by atoms with Crippen molar-refractivity contribution in [2.24, 2.45) is 0 Å². The molecule has 1 heterocycles. The van der Waals surface area contributed by atoms with Gasteiger partial charge in [0.1, 0.15) is 0 Å². The fourth-order valence-corrected chi connectivity index (χ4v) is 2.22. The molecule has 1 aromatic rings. The van der Waals surface area contributed by atoms with Crippen molar-refractivity contribution in [1.82, 2.24) is 10.6 Å². The van der Waals surface area contributed by atoms with Crippen molar-refractivity contribution in [3.8, 4) is 0 Å². The average molecular weight is 248 g/mol. The Kier molecular flexibility index (Phi) is 3.68. The van der Waals surface area contributed by atoms with Crippen LogP contribution in [0.5, 0.6) is 0 Å². The second kappa shape index (κ2) is 5.08. The van der Waals surface area contributed by atoms with Gasteiger partial charge in [0, 0.05) is 18.7 Å². The molecule has 1 saturated heterocycles. The summed E-state index contributed by atoms with van der Waals surface area (Å²) < 4.78 is 0. The van der Waals surface area contributed by atoms with Crippen LogP contribution in [0.3, 0.4) is 0 Å². The molecule has 0 spiro atoms. The highest BCUT2D eigenvalue weighted by Gasteiger charge is 2.31. The molecular weight excluding hydrogens is 228 g/mol. The summed E-state index contributed by atoms with van der Waals surface area (Å²) in [6.45, 7) is 5.57. The van der Waals surface area contributed by atoms with Gasteiger partial charge in [0.25, 0.3) is 5.91 Å². The van der Waals surface area contributed by atoms with E-state index in [4.69, 9.17) is 0 Å². The lowest BCUT2D eigenvalue weighted by Gasteiger charge is -2.21. The molecule has 0 aromatic heterocycles. The molecule has 1 fully saturated rings. The number of carbonyl (C=O) groups excluding carboxylic acids is 1. The molecule has 1 aromatic carbocycles. The van der Waals surface area contributed by atoms with E-state index in [0.29, 0.717) is 25.1 Å². The third-order valence-corrected chi connectivity index (χ3v) is 3.65. The maximum Gasteiger partial charge on any atom is 0.251 e. The fourth-order valence-electron chi connectivity index (χ4n) is 2.22. The second-order valence-corrected chi connectivity index (χ2v) is 5.08. The molecule has 3 N–H and O–H groups in total. The number of nitrogens with one attached hydrogen (secondary N) is 2. The van der Waals surface area contributed by atoms with Gasteiger partial charge in [-0.15, -0.1) is 0 Å². The average Bonchev–Trinajstić information content (AvgIpc) is 2.77. The van der Waals surface area contributed by atoms with Gasteiger partial charge in [0.15, 0.2) is 0 Å². The molecule has 98 valence electrons. The van der Waals surface area contributed by atoms with E-state index < -0.39 is 5.60 Å². The van der Waals surface area contributed by atoms with Gasteiger partial charge in [-0.05, 0) is 44.0 Å². The number of hydrogen-bond donors (Lipinski definition) is 3. The summed E-state index contributed by atoms with van der Waals surface area (Å²) in [6, 6.07) is 5.68. The maximum absolute atomic E-state index is 12.1. The number of rotatable bonds is 3. The zero-order valence-corrected chi connectivity index (χ0v) is 10.9. The van der Waals surface area contributed by atoms with Crippen molar-refractivity contribution in [2.45, 2.75) is 25.9 Å². The number of benzene rings is 1. The zero-order chi connectivity index (χ0) is 13.2. The zero-order valence-electron chi connectivity index (χ0n) is 10.9. The number of carbonyl (C=O) groups is 1. The van der Waals surface area contributed by atoms with Gasteiger partial charge in [-0.3, -0.25) is 4.79 Å². The molecule has 0 radical (unpaired) electrons. The summed E-state index contributed by atoms with van der Waals surface area (Å²) in [6.07, 6.45) is 0.681. The van der Waals surface area contributed by atoms with Crippen molar-refractivity contribution in [2.75, 3.05) is 19.6 Å². The smallest absolute Gasteiger partial charge is 0.251 e. The minimum atomic E-state index is -0.798. The largest absolute Gasteiger partial charge is 0.387 e. The lowest BCUT2D eigenvalue weighted by molar-refractivity contribution is 0.0561. The molecular formula is C14H20N2O2. The molecule has 1 amide bonds. The first-order valence-electron chi connectivity index (χ1n) is 6.29. The SMILES string of the molecule is Cc1cccc(C(=O)NCC2(O)CCNC2)c1C. The van der Waals surface area contributed by atoms with Crippen LogP contribution in [-0.4, -0.2) is 36.2 Å². The standard InChI is InChI=1S/C14H20N2O2/c1-10-4-3-5-12(11(10)2)13(17)16-9-14(18)6-7-15-8-14/h3-5,15,18H,6-9H2,1-2H3,(H,16,17). The molecule has 1 unspecified atom stereocenters. The minimum Gasteiger partial charge on any atom is -0.387 e. The van der Waals surface area contributed by atoms with Gasteiger partial charge in [0.2, 0.25) is 0 Å². The summed E-state index contributed by atoms with van der Waals surface area (Å²) in [5, 5.41) is 16.0. The third kappa shape index (κ3) is 2.71. The number of aliphatic hydroxyl groups is 1. The van der Waals surface area contributed by atoms with Crippen LogP contribution in [0.1, 0.15) is 27.9 Å². The molecule has 2 rings (SSSR count). The lowest BCUT2D eigenvalue weighted by Crippen LogP contribution is -2.44. The summed E-state index contributed by atoms with van der Waals surface area (Å²) in [5.74, 6) is -0.114. The molecule has 0 bridgehead atoms. The van der Waals surface area contributed by atoms with Crippen LogP contribution in [-0.2, 0) is 0 Å². The molecule has 1 aliphatic heterocycles. The van der Waals surface area contributed by atoms with E-state index in [9.17, 15) is 9.90 Å². The van der Waals surface area contributed by atoms with E-state index >= 15 is 0 Å². The maximum atomic E-state index is 12.1. The Balaban J connectivity index is 2.01. The quantitative estimate of drug-likeness (QED) is 0.740. The number of amides is 1. The van der Waals surface area contributed by atoms with Crippen molar-refractivity contribution in [3.63, 3.8) is 0 Å². The van der Waals surface area contributed by atoms with Crippen LogP contribution in [0.15, 0.2) is 18.2 Å². The first kappa shape index (κ1) is 13.1. The van der Waals surface area contributed by atoms with Crippen molar-refractivity contribution in [3.05, 3.63) is 34.9 Å². The predicted molar refractivity (Wildman–Crippen MR) is 70.7 cm³/mol. The predicted octanol–water partition coefficient (Wildman–Crippen LogP) is 0.758. The Morgan fingerprint density at radius 2 is 2.28 bits per heavy atom. The highest BCUT2D eigenvalue weighted by molar-refractivity contribution is 5.95. The summed E-state index contributed by atoms with van der Waals surface area (Å²) in [5.41, 5.74) is 1.98. The van der Waals surface area contributed by atoms with Crippen LogP contribution in [0, 0.1) is 13.8 Å². The van der Waals surface area contributed by atoms with Crippen LogP contribution < -0.4 is 10.6 Å². The van der Waals surface area contributed by atoms with E-state index in [1.807, 2.05) is 32.0 Å². The van der Waals surface area contributed by atoms with Crippen LogP contribution >= 0.6 is 0 Å². The van der Waals surface area contributed by atoms with Crippen LogP contribution in [0.25, 0.3) is 0 Å². The van der Waals surface area contributed by atoms with Crippen LogP contribution in [0.4, 0.5) is 0 Å². The van der Waals surface area contributed by atoms with E-state index in [1.165, 1.54) is 0 Å². The Morgan fingerprint density at radius 1 is 1.50 bits per heavy atom. The first-order chi connectivity index (χ1) is 8.52. The molecule has 0 saturated carbocycles. The van der Waals surface area contributed by atoms with Crippen molar-refractivity contribution in [1.29, 1.82) is 0 Å². The van der Waals surface area contributed by atoms with Gasteiger partial charge in [-0.1, -0.05) is 12.1 Å². The van der Waals surface area contributed by atoms with E-state index in [2.05, 4.69) is 10.6 Å². The van der Waals surface area contributed by atoms with Crippen LogP contribution in [0.2, 0.25) is 0 Å². The Bertz CT molecular complexity index is 451. The van der Waals surface area contributed by atoms with Gasteiger partial charge >= 0.3 is 0 Å². The number of aryl methyl sites for hydroxylation is 1. The fraction of sp³-hybridized carbons (Fsp3) is 0.500. The molecule has 4 heteroatoms. The Hall–Kier alpha value is -1.39. The Morgan fingerprint density at radius 3 is 2.94 bits per heavy atom. The van der Waals surface area contributed by atoms with E-state index in [1.54, 1.807) is 0 Å². The van der Waals surface area contributed by atoms with Crippen molar-refractivity contribution < 1.29 is 9.90 Å². The molecule has 0 aliphatic carbocycles. The highest BCUT2D eigenvalue weighted by atomic mass is 16.3. The molecule has 18 heavy (non-hydrogen) atoms. The molecule has 1 aliphatic rings.